The molecule has 0 amide bonds. The Morgan fingerprint density at radius 3 is 2.79 bits per heavy atom. The van der Waals surface area contributed by atoms with E-state index in [0.29, 0.717) is 23.1 Å². The van der Waals surface area contributed by atoms with Crippen molar-refractivity contribution in [1.29, 1.82) is 0 Å². The molecule has 2 heterocycles. The molecule has 0 aliphatic heterocycles. The fourth-order valence-corrected chi connectivity index (χ4v) is 2.38. The molecule has 7 nitrogen and oxygen atoms in total. The normalized spacial score (nSPS) is 11.6. The third kappa shape index (κ3) is 3.19. The van der Waals surface area contributed by atoms with Crippen LogP contribution in [0.2, 0.25) is 0 Å². The maximum Gasteiger partial charge on any atom is 0.420 e. The van der Waals surface area contributed by atoms with Crippen molar-refractivity contribution in [1.82, 2.24) is 19.3 Å². The van der Waals surface area contributed by atoms with Crippen molar-refractivity contribution < 1.29 is 14.3 Å². The molecule has 0 bridgehead atoms. The first-order valence-corrected chi connectivity index (χ1v) is 7.53. The quantitative estimate of drug-likeness (QED) is 0.692. The number of para-hydroxylation sites is 1. The van der Waals surface area contributed by atoms with E-state index in [1.165, 1.54) is 17.1 Å². The van der Waals surface area contributed by atoms with Gasteiger partial charge in [-0.25, -0.2) is 14.3 Å². The van der Waals surface area contributed by atoms with E-state index in [9.17, 15) is 9.59 Å². The van der Waals surface area contributed by atoms with Crippen LogP contribution in [-0.4, -0.2) is 37.3 Å². The zero-order valence-electron chi connectivity index (χ0n) is 13.8. The fraction of sp³-hybridized carbons (Fsp3) is 0.294. The van der Waals surface area contributed by atoms with Gasteiger partial charge in [0.25, 0.3) is 0 Å². The van der Waals surface area contributed by atoms with E-state index in [1.807, 2.05) is 39.0 Å². The van der Waals surface area contributed by atoms with Gasteiger partial charge in [-0.15, -0.1) is 0 Å². The maximum absolute atomic E-state index is 12.3. The highest BCUT2D eigenvalue weighted by Gasteiger charge is 2.20. The number of aldehydes is 1. The summed E-state index contributed by atoms with van der Waals surface area (Å²) in [6.45, 7) is 5.91. The van der Waals surface area contributed by atoms with Crippen LogP contribution in [0.25, 0.3) is 11.0 Å². The molecule has 124 valence electrons. The molecule has 0 radical (unpaired) electrons. The summed E-state index contributed by atoms with van der Waals surface area (Å²) < 4.78 is 8.44. The van der Waals surface area contributed by atoms with Crippen LogP contribution in [0.1, 0.15) is 36.7 Å². The van der Waals surface area contributed by atoms with Crippen LogP contribution < -0.4 is 0 Å². The minimum absolute atomic E-state index is 0.455. The van der Waals surface area contributed by atoms with Gasteiger partial charge < -0.3 is 4.74 Å². The molecule has 0 aliphatic carbocycles. The summed E-state index contributed by atoms with van der Waals surface area (Å²) in [5.74, 6) is 0. The van der Waals surface area contributed by atoms with Crippen LogP contribution in [0, 0.1) is 0 Å². The second-order valence-electron chi connectivity index (χ2n) is 6.47. The van der Waals surface area contributed by atoms with Crippen LogP contribution in [0.15, 0.2) is 36.9 Å². The Bertz CT molecular complexity index is 902. The van der Waals surface area contributed by atoms with Crippen molar-refractivity contribution in [3.05, 3.63) is 48.0 Å². The van der Waals surface area contributed by atoms with Crippen molar-refractivity contribution in [2.75, 3.05) is 0 Å². The molecule has 0 aliphatic rings. The summed E-state index contributed by atoms with van der Waals surface area (Å²) in [4.78, 5) is 27.4. The Balaban J connectivity index is 1.94. The minimum atomic E-state index is -0.578. The zero-order chi connectivity index (χ0) is 17.3. The predicted molar refractivity (Wildman–Crippen MR) is 88.1 cm³/mol. The molecule has 7 heteroatoms. The summed E-state index contributed by atoms with van der Waals surface area (Å²) in [7, 11) is 0. The van der Waals surface area contributed by atoms with E-state index in [2.05, 4.69) is 10.1 Å². The van der Waals surface area contributed by atoms with Gasteiger partial charge in [-0.2, -0.15) is 5.10 Å². The summed E-state index contributed by atoms with van der Waals surface area (Å²) in [5.41, 5.74) is 2.21. The molecule has 2 aromatic heterocycles. The highest BCUT2D eigenvalue weighted by Crippen LogP contribution is 2.20. The molecule has 0 saturated heterocycles. The number of hydrogen-bond acceptors (Lipinski definition) is 5. The Labute approximate surface area is 138 Å². The van der Waals surface area contributed by atoms with Crippen molar-refractivity contribution in [2.24, 2.45) is 0 Å². The molecule has 3 aromatic rings. The van der Waals surface area contributed by atoms with Gasteiger partial charge in [0, 0.05) is 11.8 Å². The van der Waals surface area contributed by atoms with Crippen LogP contribution in [-0.2, 0) is 11.3 Å². The second kappa shape index (κ2) is 5.92. The van der Waals surface area contributed by atoms with Gasteiger partial charge in [0.2, 0.25) is 0 Å². The third-order valence-electron chi connectivity index (χ3n) is 3.37. The molecule has 0 N–H and O–H groups in total. The van der Waals surface area contributed by atoms with Gasteiger partial charge in [0.05, 0.1) is 29.3 Å². The Morgan fingerprint density at radius 1 is 1.33 bits per heavy atom. The smallest absolute Gasteiger partial charge is 0.420 e. The van der Waals surface area contributed by atoms with Crippen molar-refractivity contribution in [3.8, 4) is 0 Å². The van der Waals surface area contributed by atoms with Crippen molar-refractivity contribution in [3.63, 3.8) is 0 Å². The molecule has 0 unspecified atom stereocenters. The maximum atomic E-state index is 12.3. The molecular formula is C17H18N4O3. The first kappa shape index (κ1) is 15.9. The Morgan fingerprint density at radius 2 is 2.12 bits per heavy atom. The number of benzene rings is 1. The van der Waals surface area contributed by atoms with Crippen LogP contribution >= 0.6 is 0 Å². The molecule has 0 spiro atoms. The molecule has 0 fully saturated rings. The highest BCUT2D eigenvalue weighted by molar-refractivity contribution is 5.88. The average molecular weight is 326 g/mol. The van der Waals surface area contributed by atoms with Crippen LogP contribution in [0.4, 0.5) is 4.79 Å². The van der Waals surface area contributed by atoms with Crippen molar-refractivity contribution in [2.45, 2.75) is 32.9 Å². The predicted octanol–water partition coefficient (Wildman–Crippen LogP) is 2.88. The molecule has 1 aromatic carbocycles. The number of carbonyl (C=O) groups is 2. The van der Waals surface area contributed by atoms with Gasteiger partial charge in [-0.05, 0) is 26.8 Å². The number of nitrogens with zero attached hydrogens (tertiary/aromatic N) is 4. The largest absolute Gasteiger partial charge is 0.443 e. The van der Waals surface area contributed by atoms with E-state index in [-0.39, 0.29) is 0 Å². The number of ether oxygens (including phenoxy) is 1. The topological polar surface area (TPSA) is 79.0 Å². The van der Waals surface area contributed by atoms with E-state index >= 15 is 0 Å². The average Bonchev–Trinajstić information content (AvgIpc) is 3.12. The zero-order valence-corrected chi connectivity index (χ0v) is 13.8. The van der Waals surface area contributed by atoms with E-state index in [1.54, 1.807) is 10.9 Å². The lowest BCUT2D eigenvalue weighted by atomic mass is 10.2. The molecule has 24 heavy (non-hydrogen) atoms. The summed E-state index contributed by atoms with van der Waals surface area (Å²) in [6, 6.07) is 5.58. The van der Waals surface area contributed by atoms with E-state index < -0.39 is 11.7 Å². The van der Waals surface area contributed by atoms with Gasteiger partial charge in [0.1, 0.15) is 11.9 Å². The Hall–Kier alpha value is -2.96. The van der Waals surface area contributed by atoms with Gasteiger partial charge >= 0.3 is 6.09 Å². The molecule has 3 rings (SSSR count). The molecular weight excluding hydrogens is 308 g/mol. The van der Waals surface area contributed by atoms with Crippen LogP contribution in [0.5, 0.6) is 0 Å². The minimum Gasteiger partial charge on any atom is -0.443 e. The number of aromatic nitrogens is 4. The van der Waals surface area contributed by atoms with Gasteiger partial charge in [0.15, 0.2) is 6.29 Å². The van der Waals surface area contributed by atoms with Crippen molar-refractivity contribution >= 4 is 23.4 Å². The summed E-state index contributed by atoms with van der Waals surface area (Å²) in [5, 5.41) is 4.14. The monoisotopic (exact) mass is 326 g/mol. The first-order chi connectivity index (χ1) is 11.4. The fourth-order valence-electron chi connectivity index (χ4n) is 2.38. The number of carbonyl (C=O) groups excluding carboxylic acids is 2. The Kier molecular flexibility index (Phi) is 3.92. The lowest BCUT2D eigenvalue weighted by molar-refractivity contribution is 0.0543. The number of hydrogen-bond donors (Lipinski definition) is 0. The lowest BCUT2D eigenvalue weighted by Gasteiger charge is -2.19. The highest BCUT2D eigenvalue weighted by atomic mass is 16.6. The van der Waals surface area contributed by atoms with Crippen LogP contribution in [0.3, 0.4) is 0 Å². The number of imidazole rings is 1. The lowest BCUT2D eigenvalue weighted by Crippen LogP contribution is -2.26. The standard InChI is InChI=1S/C17H18N4O3/c1-17(2,3)24-16(23)21-11-18-15-13(5-4-6-14(15)21)9-20-8-12(10-22)7-19-20/h4-8,10-11H,9H2,1-3H3. The van der Waals surface area contributed by atoms with E-state index in [4.69, 9.17) is 4.74 Å². The second-order valence-corrected chi connectivity index (χ2v) is 6.47. The van der Waals surface area contributed by atoms with E-state index in [0.717, 1.165) is 11.8 Å². The number of rotatable bonds is 3. The SMILES string of the molecule is CC(C)(C)OC(=O)n1cnc2c(Cn3cc(C=O)cn3)cccc21. The molecule has 0 atom stereocenters. The van der Waals surface area contributed by atoms with Gasteiger partial charge in [-0.1, -0.05) is 12.1 Å². The first-order valence-electron chi connectivity index (χ1n) is 7.53. The number of fused-ring (bicyclic) bond motifs is 1. The van der Waals surface area contributed by atoms with Gasteiger partial charge in [-0.3, -0.25) is 9.48 Å². The summed E-state index contributed by atoms with van der Waals surface area (Å²) >= 11 is 0. The molecule has 0 saturated carbocycles. The third-order valence-corrected chi connectivity index (χ3v) is 3.37. The summed E-state index contributed by atoms with van der Waals surface area (Å²) in [6.07, 6.45) is 4.91.